The second kappa shape index (κ2) is 4.69. The van der Waals surface area contributed by atoms with Crippen LogP contribution in [0.5, 0.6) is 0 Å². The number of nitrogens with zero attached hydrogens (tertiary/aromatic N) is 2. The lowest BCUT2D eigenvalue weighted by molar-refractivity contribution is -0.141. The van der Waals surface area contributed by atoms with Crippen LogP contribution in [0.15, 0.2) is 18.2 Å². The van der Waals surface area contributed by atoms with Gasteiger partial charge in [0.2, 0.25) is 5.95 Å². The highest BCUT2D eigenvalue weighted by Gasteiger charge is 2.39. The number of rotatable bonds is 2. The molecule has 0 radical (unpaired) electrons. The number of pyridine rings is 1. The molecule has 0 aliphatic carbocycles. The number of likely N-dealkylation sites (tertiary alicyclic amines) is 1. The number of aliphatic carboxylic acids is 1. The second-order valence-electron chi connectivity index (χ2n) is 4.05. The lowest BCUT2D eigenvalue weighted by Crippen LogP contribution is -2.41. The smallest absolute Gasteiger partial charge is 0.326 e. The molecule has 1 aliphatic heterocycles. The Morgan fingerprint density at radius 2 is 2.17 bits per heavy atom. The number of carbonyl (C=O) groups is 2. The van der Waals surface area contributed by atoms with Gasteiger partial charge in [0.1, 0.15) is 11.7 Å². The molecule has 18 heavy (non-hydrogen) atoms. The third kappa shape index (κ3) is 2.30. The maximum absolute atomic E-state index is 12.9. The first-order chi connectivity index (χ1) is 8.49. The second-order valence-corrected chi connectivity index (χ2v) is 4.05. The Bertz CT molecular complexity index is 494. The molecule has 0 bridgehead atoms. The van der Waals surface area contributed by atoms with Crippen LogP contribution in [0.3, 0.4) is 0 Å². The summed E-state index contributed by atoms with van der Waals surface area (Å²) < 4.78 is 12.9. The summed E-state index contributed by atoms with van der Waals surface area (Å²) in [5.74, 6) is -2.71. The van der Waals surface area contributed by atoms with E-state index in [1.807, 2.05) is 0 Å². The molecule has 7 heteroatoms. The molecule has 0 unspecified atom stereocenters. The van der Waals surface area contributed by atoms with Crippen molar-refractivity contribution in [1.29, 1.82) is 0 Å². The molecule has 0 aromatic carbocycles. The fourth-order valence-electron chi connectivity index (χ4n) is 1.95. The molecule has 1 aromatic heterocycles. The topological polar surface area (TPSA) is 90.7 Å². The molecular weight excluding hydrogens is 243 g/mol. The molecule has 1 aliphatic rings. The predicted molar refractivity (Wildman–Crippen MR) is 57.3 cm³/mol. The third-order valence-corrected chi connectivity index (χ3v) is 2.76. The zero-order valence-electron chi connectivity index (χ0n) is 9.28. The molecule has 1 fully saturated rings. The van der Waals surface area contributed by atoms with Crippen molar-refractivity contribution in [2.75, 3.05) is 6.54 Å². The molecule has 0 spiro atoms. The van der Waals surface area contributed by atoms with Crippen molar-refractivity contribution in [2.24, 2.45) is 0 Å². The monoisotopic (exact) mass is 254 g/mol. The molecule has 6 nitrogen and oxygen atoms in total. The number of aromatic nitrogens is 1. The van der Waals surface area contributed by atoms with Crippen molar-refractivity contribution >= 4 is 11.9 Å². The molecule has 1 amide bonds. The lowest BCUT2D eigenvalue weighted by atomic mass is 10.2. The zero-order chi connectivity index (χ0) is 13.3. The Balaban J connectivity index is 2.25. The molecule has 96 valence electrons. The highest BCUT2D eigenvalue weighted by atomic mass is 19.1. The Morgan fingerprint density at radius 1 is 1.44 bits per heavy atom. The van der Waals surface area contributed by atoms with Gasteiger partial charge in [0, 0.05) is 13.0 Å². The first kappa shape index (κ1) is 12.4. The minimum absolute atomic E-state index is 0.0314. The van der Waals surface area contributed by atoms with E-state index in [0.717, 1.165) is 11.0 Å². The van der Waals surface area contributed by atoms with Crippen LogP contribution >= 0.6 is 0 Å². The number of hydrogen-bond donors (Lipinski definition) is 2. The summed E-state index contributed by atoms with van der Waals surface area (Å²) in [6.07, 6.45) is -0.917. The van der Waals surface area contributed by atoms with Gasteiger partial charge in [-0.1, -0.05) is 6.07 Å². The van der Waals surface area contributed by atoms with Crippen LogP contribution < -0.4 is 0 Å². The van der Waals surface area contributed by atoms with E-state index in [4.69, 9.17) is 5.11 Å². The lowest BCUT2D eigenvalue weighted by Gasteiger charge is -2.20. The fraction of sp³-hybridized carbons (Fsp3) is 0.364. The Labute approximate surface area is 102 Å². The number of halogens is 1. The Kier molecular flexibility index (Phi) is 3.24. The largest absolute Gasteiger partial charge is 0.480 e. The highest BCUT2D eigenvalue weighted by Crippen LogP contribution is 2.20. The van der Waals surface area contributed by atoms with Gasteiger partial charge in [0.15, 0.2) is 0 Å². The van der Waals surface area contributed by atoms with Gasteiger partial charge >= 0.3 is 5.97 Å². The van der Waals surface area contributed by atoms with Gasteiger partial charge in [-0.25, -0.2) is 9.78 Å². The van der Waals surface area contributed by atoms with Gasteiger partial charge in [0.05, 0.1) is 6.10 Å². The average molecular weight is 254 g/mol. The van der Waals surface area contributed by atoms with Crippen LogP contribution in [0.25, 0.3) is 0 Å². The third-order valence-electron chi connectivity index (χ3n) is 2.76. The average Bonchev–Trinajstić information content (AvgIpc) is 2.70. The van der Waals surface area contributed by atoms with Crippen molar-refractivity contribution in [2.45, 2.75) is 18.6 Å². The number of aliphatic hydroxyl groups is 1. The van der Waals surface area contributed by atoms with Gasteiger partial charge in [-0.15, -0.1) is 0 Å². The van der Waals surface area contributed by atoms with Crippen LogP contribution in [0.4, 0.5) is 4.39 Å². The van der Waals surface area contributed by atoms with E-state index in [0.29, 0.717) is 0 Å². The van der Waals surface area contributed by atoms with Crippen LogP contribution in [-0.2, 0) is 4.79 Å². The maximum atomic E-state index is 12.9. The van der Waals surface area contributed by atoms with Crippen molar-refractivity contribution in [3.63, 3.8) is 0 Å². The van der Waals surface area contributed by atoms with Crippen molar-refractivity contribution in [3.8, 4) is 0 Å². The molecule has 2 heterocycles. The first-order valence-corrected chi connectivity index (χ1v) is 5.33. The quantitative estimate of drug-likeness (QED) is 0.718. The SMILES string of the molecule is O=C(O)[C@@H]1C[C@H](O)CN1C(=O)c1cccc(F)n1. The maximum Gasteiger partial charge on any atom is 0.326 e. The Morgan fingerprint density at radius 3 is 2.78 bits per heavy atom. The molecule has 2 atom stereocenters. The number of carboxylic acid groups (broad SMARTS) is 1. The fourth-order valence-corrected chi connectivity index (χ4v) is 1.95. The minimum atomic E-state index is -1.20. The molecule has 0 saturated carbocycles. The summed E-state index contributed by atoms with van der Waals surface area (Å²) in [4.78, 5) is 27.3. The van der Waals surface area contributed by atoms with Crippen molar-refractivity contribution < 1.29 is 24.2 Å². The summed E-state index contributed by atoms with van der Waals surface area (Å²) >= 11 is 0. The molecule has 1 aromatic rings. The number of aliphatic hydroxyl groups excluding tert-OH is 1. The summed E-state index contributed by atoms with van der Waals surface area (Å²) in [5.41, 5.74) is -0.171. The molecule has 2 rings (SSSR count). The van der Waals surface area contributed by atoms with Gasteiger partial charge in [-0.05, 0) is 12.1 Å². The normalized spacial score (nSPS) is 23.1. The van der Waals surface area contributed by atoms with Gasteiger partial charge in [-0.3, -0.25) is 4.79 Å². The summed E-state index contributed by atoms with van der Waals surface area (Å²) in [6.45, 7) is -0.0893. The first-order valence-electron chi connectivity index (χ1n) is 5.33. The van der Waals surface area contributed by atoms with E-state index in [1.165, 1.54) is 12.1 Å². The summed E-state index contributed by atoms with van der Waals surface area (Å²) in [7, 11) is 0. The standard InChI is InChI=1S/C11H11FN2O4/c12-9-3-1-2-7(13-9)10(16)14-5-6(15)4-8(14)11(17)18/h1-3,6,8,15H,4-5H2,(H,17,18)/t6-,8-/m0/s1. The van der Waals surface area contributed by atoms with E-state index in [-0.39, 0.29) is 18.7 Å². The number of amides is 1. The van der Waals surface area contributed by atoms with E-state index in [9.17, 15) is 19.1 Å². The predicted octanol–water partition coefficient (Wildman–Crippen LogP) is -0.119. The minimum Gasteiger partial charge on any atom is -0.480 e. The van der Waals surface area contributed by atoms with E-state index < -0.39 is 30.0 Å². The van der Waals surface area contributed by atoms with Crippen molar-refractivity contribution in [3.05, 3.63) is 29.8 Å². The van der Waals surface area contributed by atoms with Crippen molar-refractivity contribution in [1.82, 2.24) is 9.88 Å². The Hall–Kier alpha value is -2.02. The van der Waals surface area contributed by atoms with Gasteiger partial charge in [0.25, 0.3) is 5.91 Å². The summed E-state index contributed by atoms with van der Waals surface area (Å²) in [5, 5.41) is 18.4. The molecular formula is C11H11FN2O4. The highest BCUT2D eigenvalue weighted by molar-refractivity contribution is 5.95. The van der Waals surface area contributed by atoms with Crippen LogP contribution in [0, 0.1) is 5.95 Å². The van der Waals surface area contributed by atoms with E-state index in [1.54, 1.807) is 0 Å². The summed E-state index contributed by atoms with van der Waals surface area (Å²) in [6, 6.07) is 2.61. The molecule has 2 N–H and O–H groups in total. The van der Waals surface area contributed by atoms with Crippen LogP contribution in [0.1, 0.15) is 16.9 Å². The number of carbonyl (C=O) groups excluding carboxylic acids is 1. The van der Waals surface area contributed by atoms with Gasteiger partial charge in [-0.2, -0.15) is 4.39 Å². The van der Waals surface area contributed by atoms with E-state index in [2.05, 4.69) is 4.98 Å². The zero-order valence-corrected chi connectivity index (χ0v) is 9.28. The van der Waals surface area contributed by atoms with E-state index >= 15 is 0 Å². The number of hydrogen-bond acceptors (Lipinski definition) is 4. The van der Waals surface area contributed by atoms with Gasteiger partial charge < -0.3 is 15.1 Å². The number of β-amino-alcohol motifs (C(OH)–C–C–N with tert-alkyl or cyclic N) is 1. The number of carboxylic acids is 1. The molecule has 1 saturated heterocycles. The van der Waals surface area contributed by atoms with Crippen LogP contribution in [0.2, 0.25) is 0 Å². The van der Waals surface area contributed by atoms with Crippen LogP contribution in [-0.4, -0.2) is 50.7 Å².